The van der Waals surface area contributed by atoms with Crippen LogP contribution in [0, 0.1) is 0 Å². The molecule has 10 heavy (non-hydrogen) atoms. The Balaban J connectivity index is 2.33. The number of carbonyl (C=O) groups is 1. The molecule has 0 aromatic carbocycles. The number of hydrogen-bond donors (Lipinski definition) is 2. The summed E-state index contributed by atoms with van der Waals surface area (Å²) in [5.41, 5.74) is 0. The van der Waals surface area contributed by atoms with Crippen molar-refractivity contribution < 1.29 is 4.79 Å². The maximum absolute atomic E-state index is 10.6. The van der Waals surface area contributed by atoms with Gasteiger partial charge >= 0.3 is 0 Å². The standard InChI is InChI=1S/C7H13NOS/c1-5(9)8-6-3-2-4-7(6)10/h6-7,10H,2-4H2,1H3,(H,8,9). The number of amides is 1. The molecule has 1 saturated carbocycles. The smallest absolute Gasteiger partial charge is 0.217 e. The Bertz CT molecular complexity index is 138. The minimum Gasteiger partial charge on any atom is -0.353 e. The Morgan fingerprint density at radius 1 is 1.60 bits per heavy atom. The molecule has 0 radical (unpaired) electrons. The summed E-state index contributed by atoms with van der Waals surface area (Å²) < 4.78 is 0. The fourth-order valence-corrected chi connectivity index (χ4v) is 1.78. The van der Waals surface area contributed by atoms with Crippen molar-refractivity contribution in [3.63, 3.8) is 0 Å². The molecule has 1 fully saturated rings. The van der Waals surface area contributed by atoms with Crippen LogP contribution in [0.5, 0.6) is 0 Å². The molecule has 1 amide bonds. The predicted octanol–water partition coefficient (Wildman–Crippen LogP) is 0.973. The molecular weight excluding hydrogens is 146 g/mol. The second-order valence-electron chi connectivity index (χ2n) is 2.81. The van der Waals surface area contributed by atoms with Crippen LogP contribution < -0.4 is 5.32 Å². The van der Waals surface area contributed by atoms with Gasteiger partial charge in [0, 0.05) is 18.2 Å². The number of carbonyl (C=O) groups excluding carboxylic acids is 1. The number of thiol groups is 1. The van der Waals surface area contributed by atoms with E-state index in [-0.39, 0.29) is 5.91 Å². The molecule has 2 unspecified atom stereocenters. The Labute approximate surface area is 66.8 Å². The summed E-state index contributed by atoms with van der Waals surface area (Å²) in [5, 5.41) is 3.25. The SMILES string of the molecule is CC(=O)NC1CCCC1S. The topological polar surface area (TPSA) is 29.1 Å². The van der Waals surface area contributed by atoms with E-state index < -0.39 is 0 Å². The minimum absolute atomic E-state index is 0.0611. The summed E-state index contributed by atoms with van der Waals surface area (Å²) in [5.74, 6) is 0.0611. The van der Waals surface area contributed by atoms with Crippen molar-refractivity contribution in [3.05, 3.63) is 0 Å². The average Bonchev–Trinajstić information content (AvgIpc) is 2.15. The lowest BCUT2D eigenvalue weighted by molar-refractivity contribution is -0.119. The molecule has 0 aliphatic heterocycles. The van der Waals surface area contributed by atoms with Crippen LogP contribution in [0.2, 0.25) is 0 Å². The Kier molecular flexibility index (Phi) is 2.60. The third kappa shape index (κ3) is 1.90. The van der Waals surface area contributed by atoms with Gasteiger partial charge in [-0.3, -0.25) is 4.79 Å². The highest BCUT2D eigenvalue weighted by atomic mass is 32.1. The van der Waals surface area contributed by atoms with Crippen molar-refractivity contribution >= 4 is 18.5 Å². The third-order valence-electron chi connectivity index (χ3n) is 1.87. The van der Waals surface area contributed by atoms with Gasteiger partial charge in [-0.15, -0.1) is 0 Å². The Morgan fingerprint density at radius 3 is 2.70 bits per heavy atom. The minimum atomic E-state index is 0.0611. The number of hydrogen-bond acceptors (Lipinski definition) is 2. The molecule has 0 saturated heterocycles. The molecule has 0 spiro atoms. The van der Waals surface area contributed by atoms with Crippen molar-refractivity contribution in [3.8, 4) is 0 Å². The first-order chi connectivity index (χ1) is 4.70. The molecule has 0 aromatic rings. The van der Waals surface area contributed by atoms with Gasteiger partial charge < -0.3 is 5.32 Å². The van der Waals surface area contributed by atoms with Gasteiger partial charge in [-0.2, -0.15) is 12.6 Å². The summed E-state index contributed by atoms with van der Waals surface area (Å²) in [6, 6.07) is 0.320. The summed E-state index contributed by atoms with van der Waals surface area (Å²) in [6.45, 7) is 1.55. The van der Waals surface area contributed by atoms with Gasteiger partial charge in [0.2, 0.25) is 5.91 Å². The van der Waals surface area contributed by atoms with Crippen molar-refractivity contribution in [1.82, 2.24) is 5.32 Å². The van der Waals surface area contributed by atoms with E-state index in [0.717, 1.165) is 12.8 Å². The zero-order valence-corrected chi connectivity index (χ0v) is 7.03. The van der Waals surface area contributed by atoms with Gasteiger partial charge in [0.05, 0.1) is 0 Å². The van der Waals surface area contributed by atoms with Crippen LogP contribution in [0.25, 0.3) is 0 Å². The highest BCUT2D eigenvalue weighted by molar-refractivity contribution is 7.81. The molecule has 0 bridgehead atoms. The molecule has 2 atom stereocenters. The van der Waals surface area contributed by atoms with Gasteiger partial charge in [-0.05, 0) is 12.8 Å². The quantitative estimate of drug-likeness (QED) is 0.548. The molecule has 1 rings (SSSR count). The predicted molar refractivity (Wildman–Crippen MR) is 44.2 cm³/mol. The van der Waals surface area contributed by atoms with E-state index in [4.69, 9.17) is 0 Å². The molecule has 3 heteroatoms. The van der Waals surface area contributed by atoms with Crippen LogP contribution in [0.3, 0.4) is 0 Å². The second kappa shape index (κ2) is 3.28. The van der Waals surface area contributed by atoms with E-state index >= 15 is 0 Å². The zero-order valence-electron chi connectivity index (χ0n) is 6.13. The largest absolute Gasteiger partial charge is 0.353 e. The van der Waals surface area contributed by atoms with E-state index in [0.29, 0.717) is 11.3 Å². The number of nitrogens with one attached hydrogen (secondary N) is 1. The van der Waals surface area contributed by atoms with Crippen LogP contribution in [-0.4, -0.2) is 17.2 Å². The molecule has 2 nitrogen and oxygen atoms in total. The van der Waals surface area contributed by atoms with Crippen LogP contribution in [-0.2, 0) is 4.79 Å². The lowest BCUT2D eigenvalue weighted by Crippen LogP contribution is -2.36. The van der Waals surface area contributed by atoms with Crippen molar-refractivity contribution in [2.45, 2.75) is 37.5 Å². The fraction of sp³-hybridized carbons (Fsp3) is 0.857. The van der Waals surface area contributed by atoms with E-state index in [1.165, 1.54) is 6.42 Å². The normalized spacial score (nSPS) is 32.2. The van der Waals surface area contributed by atoms with E-state index in [1.807, 2.05) is 0 Å². The van der Waals surface area contributed by atoms with Crippen LogP contribution in [0.1, 0.15) is 26.2 Å². The van der Waals surface area contributed by atoms with Gasteiger partial charge in [0.15, 0.2) is 0 Å². The summed E-state index contributed by atoms with van der Waals surface area (Å²) in [6.07, 6.45) is 3.42. The van der Waals surface area contributed by atoms with Gasteiger partial charge in [-0.1, -0.05) is 6.42 Å². The average molecular weight is 159 g/mol. The molecule has 1 aliphatic rings. The Hall–Kier alpha value is -0.180. The van der Waals surface area contributed by atoms with Crippen molar-refractivity contribution in [1.29, 1.82) is 0 Å². The lowest BCUT2D eigenvalue weighted by Gasteiger charge is -2.14. The molecule has 58 valence electrons. The van der Waals surface area contributed by atoms with Crippen molar-refractivity contribution in [2.24, 2.45) is 0 Å². The first-order valence-electron chi connectivity index (χ1n) is 3.65. The highest BCUT2D eigenvalue weighted by Gasteiger charge is 2.24. The van der Waals surface area contributed by atoms with E-state index in [1.54, 1.807) is 6.92 Å². The maximum atomic E-state index is 10.6. The summed E-state index contributed by atoms with van der Waals surface area (Å²) >= 11 is 4.35. The first-order valence-corrected chi connectivity index (χ1v) is 4.17. The van der Waals surface area contributed by atoms with Gasteiger partial charge in [0.1, 0.15) is 0 Å². The van der Waals surface area contributed by atoms with Crippen molar-refractivity contribution in [2.75, 3.05) is 0 Å². The van der Waals surface area contributed by atoms with Gasteiger partial charge in [-0.25, -0.2) is 0 Å². The zero-order chi connectivity index (χ0) is 7.56. The maximum Gasteiger partial charge on any atom is 0.217 e. The summed E-state index contributed by atoms with van der Waals surface area (Å²) in [7, 11) is 0. The van der Waals surface area contributed by atoms with Gasteiger partial charge in [0.25, 0.3) is 0 Å². The third-order valence-corrected chi connectivity index (χ3v) is 2.49. The van der Waals surface area contributed by atoms with Crippen LogP contribution in [0.15, 0.2) is 0 Å². The van der Waals surface area contributed by atoms with Crippen LogP contribution in [0.4, 0.5) is 0 Å². The molecule has 0 heterocycles. The second-order valence-corrected chi connectivity index (χ2v) is 3.47. The lowest BCUT2D eigenvalue weighted by atomic mass is 10.2. The highest BCUT2D eigenvalue weighted by Crippen LogP contribution is 2.23. The number of rotatable bonds is 1. The molecular formula is C7H13NOS. The van der Waals surface area contributed by atoms with E-state index in [9.17, 15) is 4.79 Å². The first kappa shape index (κ1) is 7.92. The summed E-state index contributed by atoms with van der Waals surface area (Å²) in [4.78, 5) is 10.6. The molecule has 1 N–H and O–H groups in total. The van der Waals surface area contributed by atoms with Crippen LogP contribution >= 0.6 is 12.6 Å². The van der Waals surface area contributed by atoms with E-state index in [2.05, 4.69) is 17.9 Å². The molecule has 1 aliphatic carbocycles. The molecule has 0 aromatic heterocycles. The Morgan fingerprint density at radius 2 is 2.30 bits per heavy atom. The fourth-order valence-electron chi connectivity index (χ4n) is 1.37. The monoisotopic (exact) mass is 159 g/mol.